The number of aryl methyl sites for hydroxylation is 1. The minimum atomic E-state index is -0.171. The molecule has 3 aromatic rings. The molecular weight excluding hydrogens is 330 g/mol. The lowest BCUT2D eigenvalue weighted by Gasteiger charge is -2.22. The van der Waals surface area contributed by atoms with E-state index in [-0.39, 0.29) is 5.91 Å². The topological polar surface area (TPSA) is 101 Å². The highest BCUT2D eigenvalue weighted by molar-refractivity contribution is 5.91. The van der Waals surface area contributed by atoms with E-state index in [0.29, 0.717) is 18.3 Å². The Morgan fingerprint density at radius 1 is 1.27 bits per heavy atom. The van der Waals surface area contributed by atoms with Crippen molar-refractivity contribution in [1.29, 1.82) is 0 Å². The number of hydrogen-bond acceptors (Lipinski definition) is 5. The van der Waals surface area contributed by atoms with Crippen molar-refractivity contribution in [3.05, 3.63) is 42.0 Å². The summed E-state index contributed by atoms with van der Waals surface area (Å²) in [4.78, 5) is 20.1. The van der Waals surface area contributed by atoms with Crippen LogP contribution in [-0.2, 0) is 6.42 Å². The molecule has 26 heavy (non-hydrogen) atoms. The van der Waals surface area contributed by atoms with Gasteiger partial charge in [0.2, 0.25) is 0 Å². The molecule has 8 heteroatoms. The van der Waals surface area contributed by atoms with Gasteiger partial charge in [0, 0.05) is 13.0 Å². The van der Waals surface area contributed by atoms with Crippen molar-refractivity contribution < 1.29 is 4.79 Å². The number of aromatic amines is 1. The van der Waals surface area contributed by atoms with Gasteiger partial charge < -0.3 is 15.6 Å². The second-order valence-corrected chi connectivity index (χ2v) is 6.63. The second-order valence-electron chi connectivity index (χ2n) is 6.63. The molecule has 3 heterocycles. The largest absolute Gasteiger partial charge is 0.351 e. The van der Waals surface area contributed by atoms with E-state index in [9.17, 15) is 4.79 Å². The van der Waals surface area contributed by atoms with Crippen LogP contribution in [0, 0.1) is 0 Å². The molecule has 0 atom stereocenters. The number of imidazole rings is 1. The highest BCUT2D eigenvalue weighted by Crippen LogP contribution is 2.17. The summed E-state index contributed by atoms with van der Waals surface area (Å²) in [6, 6.07) is 8.30. The van der Waals surface area contributed by atoms with Crippen LogP contribution in [0.4, 0.5) is 0 Å². The van der Waals surface area contributed by atoms with E-state index in [1.807, 2.05) is 28.9 Å². The maximum atomic E-state index is 12.2. The van der Waals surface area contributed by atoms with E-state index in [2.05, 4.69) is 30.9 Å². The molecule has 1 aromatic carbocycles. The molecule has 0 saturated carbocycles. The van der Waals surface area contributed by atoms with Crippen molar-refractivity contribution >= 4 is 16.9 Å². The van der Waals surface area contributed by atoms with Gasteiger partial charge in [0.15, 0.2) is 5.69 Å². The van der Waals surface area contributed by atoms with Gasteiger partial charge in [0.25, 0.3) is 5.91 Å². The molecule has 1 amide bonds. The van der Waals surface area contributed by atoms with Gasteiger partial charge in [-0.05, 0) is 44.5 Å². The molecule has 1 fully saturated rings. The Morgan fingerprint density at radius 3 is 2.96 bits per heavy atom. The maximum Gasteiger partial charge on any atom is 0.273 e. The molecule has 1 aliphatic rings. The number of carbonyl (C=O) groups excluding carboxylic acids is 1. The van der Waals surface area contributed by atoms with E-state index >= 15 is 0 Å². The number of nitrogens with one attached hydrogen (secondary N) is 3. The zero-order valence-electron chi connectivity index (χ0n) is 14.6. The van der Waals surface area contributed by atoms with Crippen molar-refractivity contribution in [2.75, 3.05) is 19.6 Å². The van der Waals surface area contributed by atoms with Crippen LogP contribution in [0.1, 0.15) is 41.6 Å². The van der Waals surface area contributed by atoms with Crippen molar-refractivity contribution in [2.24, 2.45) is 0 Å². The van der Waals surface area contributed by atoms with Crippen LogP contribution in [0.15, 0.2) is 30.5 Å². The monoisotopic (exact) mass is 353 g/mol. The summed E-state index contributed by atoms with van der Waals surface area (Å²) in [5.41, 5.74) is 2.40. The number of H-pyrrole nitrogens is 1. The predicted octanol–water partition coefficient (Wildman–Crippen LogP) is 1.44. The Hall–Kier alpha value is -2.74. The lowest BCUT2D eigenvalue weighted by Crippen LogP contribution is -2.29. The second kappa shape index (κ2) is 7.65. The summed E-state index contributed by atoms with van der Waals surface area (Å²) in [6.07, 6.45) is 5.39. The van der Waals surface area contributed by atoms with Crippen molar-refractivity contribution in [2.45, 2.75) is 31.7 Å². The highest BCUT2D eigenvalue weighted by Gasteiger charge is 2.18. The van der Waals surface area contributed by atoms with Crippen molar-refractivity contribution in [1.82, 2.24) is 35.6 Å². The Balaban J connectivity index is 1.25. The molecule has 0 unspecified atom stereocenters. The molecule has 0 radical (unpaired) electrons. The number of nitrogens with zero attached hydrogens (tertiary/aromatic N) is 4. The first-order valence-corrected chi connectivity index (χ1v) is 9.14. The van der Waals surface area contributed by atoms with Gasteiger partial charge in [-0.1, -0.05) is 17.3 Å². The number of piperidine rings is 1. The zero-order valence-corrected chi connectivity index (χ0v) is 14.6. The number of para-hydroxylation sites is 2. The minimum Gasteiger partial charge on any atom is -0.351 e. The van der Waals surface area contributed by atoms with Crippen LogP contribution in [0.25, 0.3) is 11.0 Å². The summed E-state index contributed by atoms with van der Waals surface area (Å²) in [7, 11) is 0. The summed E-state index contributed by atoms with van der Waals surface area (Å²) in [6.45, 7) is 2.54. The lowest BCUT2D eigenvalue weighted by molar-refractivity contribution is 0.0948. The molecule has 1 saturated heterocycles. The summed E-state index contributed by atoms with van der Waals surface area (Å²) in [5.74, 6) is 0.770. The van der Waals surface area contributed by atoms with Gasteiger partial charge in [-0.15, -0.1) is 5.10 Å². The summed E-state index contributed by atoms with van der Waals surface area (Å²) >= 11 is 0. The van der Waals surface area contributed by atoms with Gasteiger partial charge in [0.05, 0.1) is 23.3 Å². The van der Waals surface area contributed by atoms with E-state index < -0.39 is 0 Å². The summed E-state index contributed by atoms with van der Waals surface area (Å²) in [5, 5.41) is 14.4. The fourth-order valence-corrected chi connectivity index (χ4v) is 3.30. The Bertz CT molecular complexity index is 845. The number of amides is 1. The quantitative estimate of drug-likeness (QED) is 0.582. The third kappa shape index (κ3) is 3.75. The molecule has 136 valence electrons. The maximum absolute atomic E-state index is 12.2. The highest BCUT2D eigenvalue weighted by atomic mass is 16.2. The van der Waals surface area contributed by atoms with Gasteiger partial charge in [-0.2, -0.15) is 0 Å². The van der Waals surface area contributed by atoms with Crippen molar-refractivity contribution in [3.8, 4) is 0 Å². The number of benzene rings is 1. The number of hydrogen-bond donors (Lipinski definition) is 3. The number of fused-ring (bicyclic) bond motifs is 1. The van der Waals surface area contributed by atoms with Crippen LogP contribution in [0.2, 0.25) is 0 Å². The van der Waals surface area contributed by atoms with Gasteiger partial charge in [-0.25, -0.2) is 9.67 Å². The van der Waals surface area contributed by atoms with Crippen LogP contribution < -0.4 is 10.6 Å². The molecule has 0 aliphatic carbocycles. The van der Waals surface area contributed by atoms with Crippen LogP contribution in [0.5, 0.6) is 0 Å². The van der Waals surface area contributed by atoms with Gasteiger partial charge in [-0.3, -0.25) is 4.79 Å². The predicted molar refractivity (Wildman–Crippen MR) is 97.9 cm³/mol. The zero-order chi connectivity index (χ0) is 17.8. The van der Waals surface area contributed by atoms with E-state index in [0.717, 1.165) is 55.6 Å². The number of rotatable bonds is 6. The molecule has 2 aromatic heterocycles. The molecule has 3 N–H and O–H groups in total. The Labute approximate surface area is 151 Å². The minimum absolute atomic E-state index is 0.171. The van der Waals surface area contributed by atoms with E-state index in [1.54, 1.807) is 6.20 Å². The molecule has 4 rings (SSSR count). The first-order valence-electron chi connectivity index (χ1n) is 9.14. The fraction of sp³-hybridized carbons (Fsp3) is 0.444. The first kappa shape index (κ1) is 16.7. The van der Waals surface area contributed by atoms with Crippen molar-refractivity contribution in [3.63, 3.8) is 0 Å². The SMILES string of the molecule is O=C(NCCCc1nc2ccccc2[nH]1)c1cn(C2CCNCC2)nn1. The number of aromatic nitrogens is 5. The van der Waals surface area contributed by atoms with Crippen LogP contribution in [-0.4, -0.2) is 50.5 Å². The molecule has 0 spiro atoms. The molecular formula is C18H23N7O. The average Bonchev–Trinajstić information content (AvgIpc) is 3.32. The third-order valence-corrected chi connectivity index (χ3v) is 4.74. The normalized spacial score (nSPS) is 15.4. The first-order chi connectivity index (χ1) is 12.8. The lowest BCUT2D eigenvalue weighted by atomic mass is 10.1. The standard InChI is InChI=1S/C18H23N7O/c26-18(16-12-25(24-23-16)13-7-10-19-11-8-13)20-9-3-6-17-21-14-4-1-2-5-15(14)22-17/h1-2,4-5,12-13,19H,3,6-11H2,(H,20,26)(H,21,22). The number of carbonyl (C=O) groups is 1. The molecule has 0 bridgehead atoms. The third-order valence-electron chi connectivity index (χ3n) is 4.74. The van der Waals surface area contributed by atoms with Crippen LogP contribution in [0.3, 0.4) is 0 Å². The Kier molecular flexibility index (Phi) is 4.92. The van der Waals surface area contributed by atoms with E-state index in [1.165, 1.54) is 0 Å². The Morgan fingerprint density at radius 2 is 2.12 bits per heavy atom. The smallest absolute Gasteiger partial charge is 0.273 e. The molecule has 8 nitrogen and oxygen atoms in total. The van der Waals surface area contributed by atoms with Gasteiger partial charge in [0.1, 0.15) is 5.82 Å². The fourth-order valence-electron chi connectivity index (χ4n) is 3.30. The van der Waals surface area contributed by atoms with Crippen LogP contribution >= 0.6 is 0 Å². The van der Waals surface area contributed by atoms with Gasteiger partial charge >= 0.3 is 0 Å². The molecule has 1 aliphatic heterocycles. The summed E-state index contributed by atoms with van der Waals surface area (Å²) < 4.78 is 1.82. The van der Waals surface area contributed by atoms with E-state index in [4.69, 9.17) is 0 Å². The average molecular weight is 353 g/mol.